The Morgan fingerprint density at radius 1 is 1.50 bits per heavy atom. The Kier molecular flexibility index (Phi) is 3.28. The van der Waals surface area contributed by atoms with Crippen molar-refractivity contribution in [3.05, 3.63) is 35.4 Å². The first-order valence-corrected chi connectivity index (χ1v) is 5.59. The lowest BCUT2D eigenvalue weighted by atomic mass is 10.0. The monoisotopic (exact) mass is 222 g/mol. The molecule has 1 heterocycles. The van der Waals surface area contributed by atoms with Crippen molar-refractivity contribution in [2.24, 2.45) is 0 Å². The Morgan fingerprint density at radius 2 is 2.31 bits per heavy atom. The summed E-state index contributed by atoms with van der Waals surface area (Å²) in [4.78, 5) is 0. The smallest absolute Gasteiger partial charge is 0.170 e. The van der Waals surface area contributed by atoms with E-state index in [9.17, 15) is 0 Å². The maximum absolute atomic E-state index is 9.00. The van der Waals surface area contributed by atoms with Crippen LogP contribution in [-0.2, 0) is 15.9 Å². The first-order valence-electron chi connectivity index (χ1n) is 5.59. The number of ether oxygens (including phenoxy) is 2. The van der Waals surface area contributed by atoms with Gasteiger partial charge in [-0.05, 0) is 19.4 Å². The first-order chi connectivity index (χ1) is 7.61. The second-order valence-electron chi connectivity index (χ2n) is 4.53. The number of aliphatic hydroxyl groups excluding tert-OH is 1. The van der Waals surface area contributed by atoms with Crippen molar-refractivity contribution >= 4 is 0 Å². The van der Waals surface area contributed by atoms with E-state index < -0.39 is 5.79 Å². The lowest BCUT2D eigenvalue weighted by Crippen LogP contribution is -2.30. The van der Waals surface area contributed by atoms with Crippen LogP contribution in [0.5, 0.6) is 0 Å². The van der Waals surface area contributed by atoms with E-state index in [0.29, 0.717) is 13.0 Å². The van der Waals surface area contributed by atoms with Gasteiger partial charge in [0.2, 0.25) is 0 Å². The minimum atomic E-state index is -0.596. The van der Waals surface area contributed by atoms with E-state index in [1.807, 2.05) is 13.0 Å². The van der Waals surface area contributed by atoms with Crippen LogP contribution >= 0.6 is 0 Å². The quantitative estimate of drug-likeness (QED) is 0.845. The van der Waals surface area contributed by atoms with Crippen LogP contribution in [0.3, 0.4) is 0 Å². The Labute approximate surface area is 96.0 Å². The third-order valence-corrected chi connectivity index (χ3v) is 2.80. The molecular formula is C13H18O3. The molecule has 2 atom stereocenters. The normalized spacial score (nSPS) is 29.6. The summed E-state index contributed by atoms with van der Waals surface area (Å²) < 4.78 is 11.3. The standard InChI is InChI=1S/C13H18O3/c1-10-4-3-5-11(6-10)7-13(2)15-9-12(8-14)16-13/h3-6,12,14H,7-9H2,1-2H3. The summed E-state index contributed by atoms with van der Waals surface area (Å²) in [5.41, 5.74) is 2.43. The molecule has 0 bridgehead atoms. The summed E-state index contributed by atoms with van der Waals surface area (Å²) in [5.74, 6) is -0.596. The maximum atomic E-state index is 9.00. The molecule has 0 amide bonds. The van der Waals surface area contributed by atoms with Crippen molar-refractivity contribution < 1.29 is 14.6 Å². The molecule has 1 saturated heterocycles. The Morgan fingerprint density at radius 3 is 2.94 bits per heavy atom. The zero-order valence-corrected chi connectivity index (χ0v) is 9.77. The van der Waals surface area contributed by atoms with Gasteiger partial charge in [0.25, 0.3) is 0 Å². The van der Waals surface area contributed by atoms with Crippen LogP contribution in [-0.4, -0.2) is 30.2 Å². The van der Waals surface area contributed by atoms with Crippen LogP contribution in [0.25, 0.3) is 0 Å². The summed E-state index contributed by atoms with van der Waals surface area (Å²) in [6.07, 6.45) is 0.528. The van der Waals surface area contributed by atoms with Crippen molar-refractivity contribution in [1.82, 2.24) is 0 Å². The van der Waals surface area contributed by atoms with Gasteiger partial charge in [-0.3, -0.25) is 0 Å². The number of hydrogen-bond acceptors (Lipinski definition) is 3. The van der Waals surface area contributed by atoms with E-state index in [0.717, 1.165) is 0 Å². The molecule has 16 heavy (non-hydrogen) atoms. The number of aliphatic hydroxyl groups is 1. The second kappa shape index (κ2) is 4.53. The lowest BCUT2D eigenvalue weighted by Gasteiger charge is -2.23. The molecule has 1 N–H and O–H groups in total. The van der Waals surface area contributed by atoms with Gasteiger partial charge in [0.15, 0.2) is 5.79 Å². The fraction of sp³-hybridized carbons (Fsp3) is 0.538. The zero-order chi connectivity index (χ0) is 11.6. The minimum Gasteiger partial charge on any atom is -0.394 e. The predicted octanol–water partition coefficient (Wildman–Crippen LogP) is 1.66. The highest BCUT2D eigenvalue weighted by Gasteiger charge is 2.36. The van der Waals surface area contributed by atoms with Gasteiger partial charge in [0.05, 0.1) is 13.2 Å². The molecule has 0 aromatic heterocycles. The van der Waals surface area contributed by atoms with Crippen LogP contribution in [0.4, 0.5) is 0 Å². The van der Waals surface area contributed by atoms with Crippen LogP contribution in [0.15, 0.2) is 24.3 Å². The molecule has 1 fully saturated rings. The Bertz CT molecular complexity index is 364. The van der Waals surface area contributed by atoms with Crippen LogP contribution in [0, 0.1) is 6.92 Å². The van der Waals surface area contributed by atoms with Gasteiger partial charge in [-0.1, -0.05) is 29.8 Å². The summed E-state index contributed by atoms with van der Waals surface area (Å²) in [5, 5.41) is 9.00. The average molecular weight is 222 g/mol. The first kappa shape index (κ1) is 11.6. The van der Waals surface area contributed by atoms with E-state index in [2.05, 4.69) is 25.1 Å². The Balaban J connectivity index is 2.04. The highest BCUT2D eigenvalue weighted by Crippen LogP contribution is 2.27. The summed E-state index contributed by atoms with van der Waals surface area (Å²) in [7, 11) is 0. The summed E-state index contributed by atoms with van der Waals surface area (Å²) in [6, 6.07) is 8.30. The van der Waals surface area contributed by atoms with Crippen molar-refractivity contribution in [2.45, 2.75) is 32.2 Å². The van der Waals surface area contributed by atoms with Gasteiger partial charge < -0.3 is 14.6 Å². The van der Waals surface area contributed by atoms with E-state index in [4.69, 9.17) is 14.6 Å². The van der Waals surface area contributed by atoms with Crippen LogP contribution < -0.4 is 0 Å². The topological polar surface area (TPSA) is 38.7 Å². The fourth-order valence-electron chi connectivity index (χ4n) is 2.07. The summed E-state index contributed by atoms with van der Waals surface area (Å²) in [6.45, 7) is 4.48. The zero-order valence-electron chi connectivity index (χ0n) is 9.77. The number of rotatable bonds is 3. The van der Waals surface area contributed by atoms with E-state index in [-0.39, 0.29) is 12.7 Å². The molecule has 3 nitrogen and oxygen atoms in total. The lowest BCUT2D eigenvalue weighted by molar-refractivity contribution is -0.156. The molecule has 1 aliphatic heterocycles. The van der Waals surface area contributed by atoms with E-state index in [1.165, 1.54) is 11.1 Å². The van der Waals surface area contributed by atoms with Crippen molar-refractivity contribution in [1.29, 1.82) is 0 Å². The van der Waals surface area contributed by atoms with Gasteiger partial charge in [-0.25, -0.2) is 0 Å². The van der Waals surface area contributed by atoms with Crippen molar-refractivity contribution in [2.75, 3.05) is 13.2 Å². The van der Waals surface area contributed by atoms with E-state index in [1.54, 1.807) is 0 Å². The summed E-state index contributed by atoms with van der Waals surface area (Å²) >= 11 is 0. The molecule has 0 aliphatic carbocycles. The molecule has 0 radical (unpaired) electrons. The molecule has 2 rings (SSSR count). The molecule has 2 unspecified atom stereocenters. The van der Waals surface area contributed by atoms with Crippen LogP contribution in [0.2, 0.25) is 0 Å². The molecule has 1 aromatic carbocycles. The van der Waals surface area contributed by atoms with Gasteiger partial charge in [0, 0.05) is 6.42 Å². The fourth-order valence-corrected chi connectivity index (χ4v) is 2.07. The molecule has 0 spiro atoms. The molecular weight excluding hydrogens is 204 g/mol. The predicted molar refractivity (Wildman–Crippen MR) is 61.2 cm³/mol. The van der Waals surface area contributed by atoms with E-state index >= 15 is 0 Å². The number of benzene rings is 1. The Hall–Kier alpha value is -0.900. The van der Waals surface area contributed by atoms with Gasteiger partial charge >= 0.3 is 0 Å². The molecule has 1 aromatic rings. The SMILES string of the molecule is Cc1cccc(CC2(C)OCC(CO)O2)c1. The maximum Gasteiger partial charge on any atom is 0.170 e. The van der Waals surface area contributed by atoms with Crippen molar-refractivity contribution in [3.8, 4) is 0 Å². The van der Waals surface area contributed by atoms with Crippen LogP contribution in [0.1, 0.15) is 18.1 Å². The molecule has 3 heteroatoms. The van der Waals surface area contributed by atoms with Gasteiger partial charge in [0.1, 0.15) is 6.10 Å². The minimum absolute atomic E-state index is 0.0173. The third kappa shape index (κ3) is 2.61. The molecule has 88 valence electrons. The highest BCUT2D eigenvalue weighted by molar-refractivity contribution is 5.23. The third-order valence-electron chi connectivity index (χ3n) is 2.80. The average Bonchev–Trinajstić information content (AvgIpc) is 2.60. The molecule has 1 aliphatic rings. The highest BCUT2D eigenvalue weighted by atomic mass is 16.7. The number of hydrogen-bond donors (Lipinski definition) is 1. The van der Waals surface area contributed by atoms with Gasteiger partial charge in [-0.15, -0.1) is 0 Å². The second-order valence-corrected chi connectivity index (χ2v) is 4.53. The van der Waals surface area contributed by atoms with Gasteiger partial charge in [-0.2, -0.15) is 0 Å². The largest absolute Gasteiger partial charge is 0.394 e. The number of aryl methyl sites for hydroxylation is 1. The van der Waals surface area contributed by atoms with Crippen molar-refractivity contribution in [3.63, 3.8) is 0 Å². The molecule has 0 saturated carbocycles.